The van der Waals surface area contributed by atoms with E-state index in [1.54, 1.807) is 6.92 Å². The summed E-state index contributed by atoms with van der Waals surface area (Å²) in [5.41, 5.74) is 0.594. The number of hydrogen-bond acceptors (Lipinski definition) is 5. The van der Waals surface area contributed by atoms with E-state index in [1.807, 2.05) is 37.3 Å². The Kier molecular flexibility index (Phi) is 6.38. The maximum Gasteiger partial charge on any atom is 0.453 e. The maximum absolute atomic E-state index is 13.2. The normalized spacial score (nSPS) is 18.8. The second kappa shape index (κ2) is 9.12. The van der Waals surface area contributed by atoms with E-state index in [0.29, 0.717) is 30.6 Å². The SMILES string of the molecule is CCCc1c(OCCCN2C(=O)CC(C)(c3ccccc3)C2=O)ccc2c(C(F)(F)F)onc12. The number of benzene rings is 2. The number of amides is 2. The molecule has 1 aromatic heterocycles. The van der Waals surface area contributed by atoms with Gasteiger partial charge in [-0.25, -0.2) is 0 Å². The van der Waals surface area contributed by atoms with E-state index in [9.17, 15) is 22.8 Å². The van der Waals surface area contributed by atoms with Gasteiger partial charge in [0, 0.05) is 18.5 Å². The molecule has 3 aromatic rings. The fraction of sp³-hybridized carbons (Fsp3) is 0.400. The summed E-state index contributed by atoms with van der Waals surface area (Å²) in [6.45, 7) is 4.07. The number of likely N-dealkylation sites (tertiary alicyclic amines) is 1. The molecule has 4 rings (SSSR count). The third kappa shape index (κ3) is 4.26. The Morgan fingerprint density at radius 1 is 1.15 bits per heavy atom. The summed E-state index contributed by atoms with van der Waals surface area (Å²) in [5, 5.41) is 3.55. The van der Waals surface area contributed by atoms with E-state index in [1.165, 1.54) is 17.0 Å². The van der Waals surface area contributed by atoms with Crippen LogP contribution in [0.4, 0.5) is 13.2 Å². The lowest BCUT2D eigenvalue weighted by Gasteiger charge is -2.22. The van der Waals surface area contributed by atoms with Gasteiger partial charge in [-0.05, 0) is 37.5 Å². The molecule has 0 bridgehead atoms. The minimum Gasteiger partial charge on any atom is -0.493 e. The number of imide groups is 1. The van der Waals surface area contributed by atoms with Gasteiger partial charge in [0.05, 0.1) is 17.4 Å². The Hall–Kier alpha value is -3.36. The highest BCUT2D eigenvalue weighted by atomic mass is 19.4. The topological polar surface area (TPSA) is 72.6 Å². The largest absolute Gasteiger partial charge is 0.493 e. The molecule has 1 unspecified atom stereocenters. The molecule has 34 heavy (non-hydrogen) atoms. The van der Waals surface area contributed by atoms with E-state index in [0.717, 1.165) is 5.56 Å². The molecule has 1 fully saturated rings. The summed E-state index contributed by atoms with van der Waals surface area (Å²) >= 11 is 0. The number of carbonyl (C=O) groups is 2. The van der Waals surface area contributed by atoms with Gasteiger partial charge < -0.3 is 9.26 Å². The average Bonchev–Trinajstić information content (AvgIpc) is 3.33. The molecule has 1 atom stereocenters. The number of fused-ring (bicyclic) bond motifs is 1. The number of rotatable bonds is 8. The molecule has 6 nitrogen and oxygen atoms in total. The minimum absolute atomic E-state index is 0.100. The van der Waals surface area contributed by atoms with Crippen LogP contribution in [-0.2, 0) is 27.6 Å². The monoisotopic (exact) mass is 474 g/mol. The van der Waals surface area contributed by atoms with Gasteiger partial charge in [-0.1, -0.05) is 48.8 Å². The first-order valence-corrected chi connectivity index (χ1v) is 11.2. The molecule has 2 aromatic carbocycles. The highest BCUT2D eigenvalue weighted by Gasteiger charge is 2.48. The van der Waals surface area contributed by atoms with Crippen LogP contribution in [0, 0.1) is 0 Å². The van der Waals surface area contributed by atoms with Crippen LogP contribution in [-0.4, -0.2) is 35.0 Å². The van der Waals surface area contributed by atoms with E-state index >= 15 is 0 Å². The van der Waals surface area contributed by atoms with Gasteiger partial charge in [0.25, 0.3) is 0 Å². The van der Waals surface area contributed by atoms with Gasteiger partial charge >= 0.3 is 6.18 Å². The number of carbonyl (C=O) groups excluding carboxylic acids is 2. The number of aromatic nitrogens is 1. The Balaban J connectivity index is 1.44. The van der Waals surface area contributed by atoms with Crippen LogP contribution in [0.1, 0.15) is 50.0 Å². The van der Waals surface area contributed by atoms with Crippen LogP contribution in [0.15, 0.2) is 47.0 Å². The van der Waals surface area contributed by atoms with E-state index in [4.69, 9.17) is 4.74 Å². The fourth-order valence-corrected chi connectivity index (χ4v) is 4.42. The second-order valence-electron chi connectivity index (χ2n) is 8.63. The van der Waals surface area contributed by atoms with Crippen molar-refractivity contribution in [2.75, 3.05) is 13.2 Å². The molecule has 0 saturated carbocycles. The van der Waals surface area contributed by atoms with Crippen molar-refractivity contribution in [3.05, 3.63) is 59.4 Å². The summed E-state index contributed by atoms with van der Waals surface area (Å²) in [6.07, 6.45) is -2.99. The quantitative estimate of drug-likeness (QED) is 0.328. The zero-order valence-electron chi connectivity index (χ0n) is 18.9. The Morgan fingerprint density at radius 3 is 2.56 bits per heavy atom. The molecule has 1 aliphatic rings. The maximum atomic E-state index is 13.2. The summed E-state index contributed by atoms with van der Waals surface area (Å²) < 4.78 is 49.9. The first-order valence-electron chi connectivity index (χ1n) is 11.2. The van der Waals surface area contributed by atoms with Crippen molar-refractivity contribution in [3.8, 4) is 5.75 Å². The van der Waals surface area contributed by atoms with Gasteiger partial charge in [0.2, 0.25) is 17.6 Å². The number of alkyl halides is 3. The lowest BCUT2D eigenvalue weighted by Crippen LogP contribution is -2.37. The van der Waals surface area contributed by atoms with Crippen LogP contribution in [0.2, 0.25) is 0 Å². The molecular weight excluding hydrogens is 449 g/mol. The van der Waals surface area contributed by atoms with Crippen LogP contribution >= 0.6 is 0 Å². The smallest absolute Gasteiger partial charge is 0.453 e. The van der Waals surface area contributed by atoms with Crippen molar-refractivity contribution < 1.29 is 32.0 Å². The zero-order chi connectivity index (χ0) is 24.5. The molecule has 2 amide bonds. The molecule has 2 heterocycles. The highest BCUT2D eigenvalue weighted by Crippen LogP contribution is 2.39. The van der Waals surface area contributed by atoms with Crippen molar-refractivity contribution in [2.45, 2.75) is 51.1 Å². The zero-order valence-corrected chi connectivity index (χ0v) is 18.9. The van der Waals surface area contributed by atoms with Crippen molar-refractivity contribution in [1.82, 2.24) is 10.1 Å². The molecule has 9 heteroatoms. The molecule has 0 radical (unpaired) electrons. The third-order valence-corrected chi connectivity index (χ3v) is 6.19. The van der Waals surface area contributed by atoms with Gasteiger partial charge in [-0.15, -0.1) is 0 Å². The minimum atomic E-state index is -4.64. The second-order valence-corrected chi connectivity index (χ2v) is 8.63. The molecule has 0 aliphatic carbocycles. The molecule has 0 spiro atoms. The summed E-state index contributed by atoms with van der Waals surface area (Å²) in [6, 6.07) is 12.0. The molecule has 1 saturated heterocycles. The van der Waals surface area contributed by atoms with Gasteiger partial charge in [0.15, 0.2) is 0 Å². The highest BCUT2D eigenvalue weighted by molar-refractivity contribution is 6.08. The first-order chi connectivity index (χ1) is 16.2. The Morgan fingerprint density at radius 2 is 1.88 bits per heavy atom. The lowest BCUT2D eigenvalue weighted by atomic mass is 9.81. The predicted octanol–water partition coefficient (Wildman–Crippen LogP) is 5.28. The van der Waals surface area contributed by atoms with Crippen LogP contribution in [0.3, 0.4) is 0 Å². The van der Waals surface area contributed by atoms with Crippen molar-refractivity contribution in [3.63, 3.8) is 0 Å². The van der Waals surface area contributed by atoms with E-state index in [-0.39, 0.29) is 42.3 Å². The first kappa shape index (κ1) is 23.8. The number of ether oxygens (including phenoxy) is 1. The van der Waals surface area contributed by atoms with Gasteiger partial charge in [-0.2, -0.15) is 13.2 Å². The Labute approximate surface area is 194 Å². The fourth-order valence-electron chi connectivity index (χ4n) is 4.42. The van der Waals surface area contributed by atoms with Crippen LogP contribution in [0.25, 0.3) is 10.9 Å². The summed E-state index contributed by atoms with van der Waals surface area (Å²) in [4.78, 5) is 26.8. The number of nitrogens with zero attached hydrogens (tertiary/aromatic N) is 2. The van der Waals surface area contributed by atoms with Crippen LogP contribution in [0.5, 0.6) is 5.75 Å². The van der Waals surface area contributed by atoms with Crippen LogP contribution < -0.4 is 4.74 Å². The number of hydrogen-bond donors (Lipinski definition) is 0. The van der Waals surface area contributed by atoms with Gasteiger partial charge in [0.1, 0.15) is 11.3 Å². The average molecular weight is 474 g/mol. The van der Waals surface area contributed by atoms with Crippen molar-refractivity contribution >= 4 is 22.7 Å². The Bertz CT molecular complexity index is 1210. The number of aryl methyl sites for hydroxylation is 1. The van der Waals surface area contributed by atoms with E-state index < -0.39 is 17.4 Å². The van der Waals surface area contributed by atoms with Crippen molar-refractivity contribution in [1.29, 1.82) is 0 Å². The number of halogens is 3. The molecule has 0 N–H and O–H groups in total. The summed E-state index contributed by atoms with van der Waals surface area (Å²) in [5.74, 6) is -1.17. The van der Waals surface area contributed by atoms with E-state index in [2.05, 4.69) is 9.68 Å². The molecular formula is C25H25F3N2O4. The summed E-state index contributed by atoms with van der Waals surface area (Å²) in [7, 11) is 0. The van der Waals surface area contributed by atoms with Gasteiger partial charge in [-0.3, -0.25) is 14.5 Å². The predicted molar refractivity (Wildman–Crippen MR) is 118 cm³/mol. The molecule has 1 aliphatic heterocycles. The molecule has 180 valence electrons. The standard InChI is InChI=1S/C25H25F3N2O4/c1-3-8-17-19(12-11-18-21(17)29-34-22(18)25(26,27)28)33-14-7-13-30-20(31)15-24(2,23(30)32)16-9-5-4-6-10-16/h4-6,9-12H,3,7-8,13-15H2,1-2H3. The van der Waals surface area contributed by atoms with Crippen molar-refractivity contribution in [2.24, 2.45) is 0 Å². The third-order valence-electron chi connectivity index (χ3n) is 6.19. The lowest BCUT2D eigenvalue weighted by molar-refractivity contribution is -0.154.